The maximum atomic E-state index is 5.95. The zero-order valence-corrected chi connectivity index (χ0v) is 11.3. The van der Waals surface area contributed by atoms with Gasteiger partial charge in [0, 0.05) is 5.69 Å². The highest BCUT2D eigenvalue weighted by atomic mass is 16.5. The van der Waals surface area contributed by atoms with Gasteiger partial charge in [0.25, 0.3) is 0 Å². The molecular formula is C15H21N3O. The van der Waals surface area contributed by atoms with Crippen molar-refractivity contribution in [1.29, 1.82) is 0 Å². The molecule has 2 aliphatic rings. The minimum absolute atomic E-state index is 0.455. The van der Waals surface area contributed by atoms with Crippen LogP contribution in [0.1, 0.15) is 25.7 Å². The van der Waals surface area contributed by atoms with Gasteiger partial charge in [-0.1, -0.05) is 19.3 Å². The van der Waals surface area contributed by atoms with Crippen LogP contribution >= 0.6 is 0 Å². The van der Waals surface area contributed by atoms with Gasteiger partial charge in [0.15, 0.2) is 5.96 Å². The molecule has 2 aliphatic carbocycles. The van der Waals surface area contributed by atoms with Crippen LogP contribution in [0, 0.1) is 11.8 Å². The van der Waals surface area contributed by atoms with Gasteiger partial charge in [0.2, 0.25) is 0 Å². The smallest absolute Gasteiger partial charge is 0.193 e. The zero-order valence-electron chi connectivity index (χ0n) is 11.3. The molecule has 1 aromatic rings. The van der Waals surface area contributed by atoms with Crippen molar-refractivity contribution < 1.29 is 4.74 Å². The highest BCUT2D eigenvalue weighted by Crippen LogP contribution is 2.48. The molecule has 3 rings (SSSR count). The number of methoxy groups -OCH3 is 1. The summed E-state index contributed by atoms with van der Waals surface area (Å²) < 4.78 is 5.12. The summed E-state index contributed by atoms with van der Waals surface area (Å²) in [5, 5.41) is 3.13. The van der Waals surface area contributed by atoms with Crippen molar-refractivity contribution >= 4 is 11.6 Å². The van der Waals surface area contributed by atoms with Gasteiger partial charge in [-0.25, -0.2) is 4.99 Å². The van der Waals surface area contributed by atoms with Gasteiger partial charge in [-0.2, -0.15) is 0 Å². The average Bonchev–Trinajstić information content (AvgIpc) is 3.06. The lowest BCUT2D eigenvalue weighted by atomic mass is 9.81. The van der Waals surface area contributed by atoms with E-state index in [0.29, 0.717) is 12.0 Å². The lowest BCUT2D eigenvalue weighted by molar-refractivity contribution is 0.274. The third-order valence-corrected chi connectivity index (χ3v) is 4.23. The van der Waals surface area contributed by atoms with E-state index in [1.54, 1.807) is 7.11 Å². The fourth-order valence-electron chi connectivity index (χ4n) is 2.76. The van der Waals surface area contributed by atoms with Crippen LogP contribution in [0.25, 0.3) is 0 Å². The SMILES string of the molecule is COc1ccc(NC(N)=N[C@@H]2C[C@H]2C2CCC2)cc1. The molecule has 1 aromatic carbocycles. The zero-order chi connectivity index (χ0) is 13.2. The first-order valence-corrected chi connectivity index (χ1v) is 7.00. The summed E-state index contributed by atoms with van der Waals surface area (Å²) in [5.74, 6) is 3.08. The van der Waals surface area contributed by atoms with Crippen LogP contribution in [0.2, 0.25) is 0 Å². The van der Waals surface area contributed by atoms with Crippen molar-refractivity contribution in [3.8, 4) is 5.75 Å². The van der Waals surface area contributed by atoms with E-state index in [-0.39, 0.29) is 0 Å². The van der Waals surface area contributed by atoms with Crippen molar-refractivity contribution in [3.63, 3.8) is 0 Å². The van der Waals surface area contributed by atoms with E-state index in [1.807, 2.05) is 24.3 Å². The number of anilines is 1. The molecule has 19 heavy (non-hydrogen) atoms. The molecule has 0 aromatic heterocycles. The second kappa shape index (κ2) is 5.11. The summed E-state index contributed by atoms with van der Waals surface area (Å²) in [5.41, 5.74) is 6.89. The van der Waals surface area contributed by atoms with Crippen molar-refractivity contribution in [2.24, 2.45) is 22.6 Å². The van der Waals surface area contributed by atoms with Crippen LogP contribution in [-0.2, 0) is 0 Å². The Hall–Kier alpha value is -1.71. The topological polar surface area (TPSA) is 59.6 Å². The molecule has 0 radical (unpaired) electrons. The minimum Gasteiger partial charge on any atom is -0.497 e. The number of aliphatic imine (C=N–C) groups is 1. The number of hydrogen-bond acceptors (Lipinski definition) is 2. The van der Waals surface area contributed by atoms with E-state index in [1.165, 1.54) is 25.7 Å². The number of hydrogen-bond donors (Lipinski definition) is 2. The second-order valence-corrected chi connectivity index (χ2v) is 5.53. The van der Waals surface area contributed by atoms with Gasteiger partial charge in [-0.15, -0.1) is 0 Å². The number of nitrogens with one attached hydrogen (secondary N) is 1. The van der Waals surface area contributed by atoms with Crippen LogP contribution < -0.4 is 15.8 Å². The normalized spacial score (nSPS) is 26.7. The lowest BCUT2D eigenvalue weighted by Crippen LogP contribution is -2.24. The molecule has 2 saturated carbocycles. The molecule has 0 bridgehead atoms. The van der Waals surface area contributed by atoms with Crippen LogP contribution in [0.4, 0.5) is 5.69 Å². The Labute approximate surface area is 114 Å². The summed E-state index contributed by atoms with van der Waals surface area (Å²) in [6.07, 6.45) is 5.40. The highest BCUT2D eigenvalue weighted by Gasteiger charge is 2.45. The monoisotopic (exact) mass is 259 g/mol. The van der Waals surface area contributed by atoms with Gasteiger partial charge >= 0.3 is 0 Å². The van der Waals surface area contributed by atoms with Gasteiger partial charge in [-0.05, 0) is 42.5 Å². The van der Waals surface area contributed by atoms with Crippen molar-refractivity contribution in [1.82, 2.24) is 0 Å². The van der Waals surface area contributed by atoms with E-state index >= 15 is 0 Å². The molecule has 0 unspecified atom stereocenters. The molecule has 3 N–H and O–H groups in total. The van der Waals surface area contributed by atoms with Crippen LogP contribution in [0.5, 0.6) is 5.75 Å². The summed E-state index contributed by atoms with van der Waals surface area (Å²) in [6, 6.07) is 8.15. The Bertz CT molecular complexity index is 465. The largest absolute Gasteiger partial charge is 0.497 e. The van der Waals surface area contributed by atoms with E-state index in [9.17, 15) is 0 Å². The molecule has 0 heterocycles. The Balaban J connectivity index is 1.54. The molecule has 0 aliphatic heterocycles. The Morgan fingerprint density at radius 1 is 1.32 bits per heavy atom. The maximum absolute atomic E-state index is 5.95. The number of benzene rings is 1. The predicted octanol–water partition coefficient (Wildman–Crippen LogP) is 2.61. The number of ether oxygens (including phenoxy) is 1. The van der Waals surface area contributed by atoms with E-state index in [4.69, 9.17) is 10.5 Å². The van der Waals surface area contributed by atoms with Crippen LogP contribution in [-0.4, -0.2) is 19.1 Å². The summed E-state index contributed by atoms with van der Waals surface area (Å²) in [6.45, 7) is 0. The van der Waals surface area contributed by atoms with Gasteiger partial charge in [0.1, 0.15) is 5.75 Å². The van der Waals surface area contributed by atoms with E-state index in [0.717, 1.165) is 23.3 Å². The quantitative estimate of drug-likeness (QED) is 0.645. The first kappa shape index (κ1) is 12.3. The minimum atomic E-state index is 0.455. The Morgan fingerprint density at radius 3 is 2.63 bits per heavy atom. The fraction of sp³-hybridized carbons (Fsp3) is 0.533. The highest BCUT2D eigenvalue weighted by molar-refractivity contribution is 5.92. The molecule has 102 valence electrons. The maximum Gasteiger partial charge on any atom is 0.193 e. The van der Waals surface area contributed by atoms with Gasteiger partial charge < -0.3 is 15.8 Å². The molecule has 0 saturated heterocycles. The van der Waals surface area contributed by atoms with Crippen molar-refractivity contribution in [2.45, 2.75) is 31.7 Å². The summed E-state index contributed by atoms with van der Waals surface area (Å²) in [7, 11) is 1.66. The first-order chi connectivity index (χ1) is 9.26. The van der Waals surface area contributed by atoms with Crippen molar-refractivity contribution in [3.05, 3.63) is 24.3 Å². The Kier molecular flexibility index (Phi) is 3.32. The molecule has 2 atom stereocenters. The number of nitrogens with two attached hydrogens (primary N) is 1. The standard InChI is InChI=1S/C15H21N3O/c1-19-12-7-5-11(6-8-12)17-15(16)18-14-9-13(14)10-3-2-4-10/h5-8,10,13-14H,2-4,9H2,1H3,(H3,16,17,18)/t13-,14+/m0/s1. The van der Waals surface area contributed by atoms with E-state index < -0.39 is 0 Å². The molecule has 2 fully saturated rings. The molecule has 0 spiro atoms. The number of nitrogens with zero attached hydrogens (tertiary/aromatic N) is 1. The van der Waals surface area contributed by atoms with Crippen LogP contribution in [0.3, 0.4) is 0 Å². The Morgan fingerprint density at radius 2 is 2.05 bits per heavy atom. The third kappa shape index (κ3) is 2.83. The predicted molar refractivity (Wildman–Crippen MR) is 77.5 cm³/mol. The molecule has 0 amide bonds. The summed E-state index contributed by atoms with van der Waals surface area (Å²) >= 11 is 0. The van der Waals surface area contributed by atoms with Crippen molar-refractivity contribution in [2.75, 3.05) is 12.4 Å². The summed E-state index contributed by atoms with van der Waals surface area (Å²) in [4.78, 5) is 4.56. The number of guanidine groups is 1. The van der Waals surface area contributed by atoms with Crippen LogP contribution in [0.15, 0.2) is 29.3 Å². The molecule has 4 heteroatoms. The van der Waals surface area contributed by atoms with Gasteiger partial charge in [0.05, 0.1) is 13.2 Å². The fourth-order valence-corrected chi connectivity index (χ4v) is 2.76. The third-order valence-electron chi connectivity index (χ3n) is 4.23. The molecular weight excluding hydrogens is 238 g/mol. The van der Waals surface area contributed by atoms with E-state index in [2.05, 4.69) is 10.3 Å². The first-order valence-electron chi connectivity index (χ1n) is 7.00. The second-order valence-electron chi connectivity index (χ2n) is 5.53. The van der Waals surface area contributed by atoms with Gasteiger partial charge in [-0.3, -0.25) is 0 Å². The lowest BCUT2D eigenvalue weighted by Gasteiger charge is -2.25. The molecule has 4 nitrogen and oxygen atoms in total. The number of rotatable bonds is 4. The average molecular weight is 259 g/mol.